The van der Waals surface area contributed by atoms with Crippen LogP contribution in [-0.2, 0) is 4.74 Å². The predicted octanol–water partition coefficient (Wildman–Crippen LogP) is 3.34. The molecule has 0 radical (unpaired) electrons. The van der Waals surface area contributed by atoms with Crippen LogP contribution in [0.1, 0.15) is 52.1 Å². The zero-order valence-electron chi connectivity index (χ0n) is 14.5. The molecule has 0 aromatic carbocycles. The van der Waals surface area contributed by atoms with E-state index in [0.717, 1.165) is 37.9 Å². The number of hydrogen-bond acceptors (Lipinski definition) is 5. The molecule has 1 saturated heterocycles. The summed E-state index contributed by atoms with van der Waals surface area (Å²) >= 11 is 0. The summed E-state index contributed by atoms with van der Waals surface area (Å²) < 4.78 is 11.1. The van der Waals surface area contributed by atoms with Gasteiger partial charge in [-0.25, -0.2) is 4.79 Å². The summed E-state index contributed by atoms with van der Waals surface area (Å²) in [5.74, 6) is 0.523. The zero-order valence-corrected chi connectivity index (χ0v) is 14.5. The van der Waals surface area contributed by atoms with Crippen molar-refractivity contribution in [1.82, 2.24) is 15.1 Å². The lowest BCUT2D eigenvalue weighted by Crippen LogP contribution is -2.46. The fraction of sp³-hybridized carbons (Fsp3) is 0.706. The maximum atomic E-state index is 12.3. The van der Waals surface area contributed by atoms with Gasteiger partial charge in [0.25, 0.3) is 0 Å². The van der Waals surface area contributed by atoms with E-state index < -0.39 is 5.60 Å². The number of hydrogen-bond donors (Lipinski definition) is 0. The van der Waals surface area contributed by atoms with Crippen LogP contribution >= 0.6 is 0 Å². The molecule has 1 aliphatic heterocycles. The van der Waals surface area contributed by atoms with Crippen LogP contribution in [0.4, 0.5) is 4.79 Å². The second kappa shape index (κ2) is 7.62. The second-order valence-electron chi connectivity index (χ2n) is 6.97. The second-order valence-corrected chi connectivity index (χ2v) is 6.97. The summed E-state index contributed by atoms with van der Waals surface area (Å²) in [6, 6.07) is 3.85. The molecule has 1 atom stereocenters. The van der Waals surface area contributed by atoms with Crippen molar-refractivity contribution < 1.29 is 14.3 Å². The Morgan fingerprint density at radius 1 is 1.30 bits per heavy atom. The summed E-state index contributed by atoms with van der Waals surface area (Å²) in [6.45, 7) is 8.83. The van der Waals surface area contributed by atoms with Gasteiger partial charge in [0.15, 0.2) is 0 Å². The number of carbonyl (C=O) groups is 1. The molecule has 0 N–H and O–H groups in total. The zero-order chi connectivity index (χ0) is 16.9. The number of nitrogens with zero attached hydrogens (tertiary/aromatic N) is 3. The molecule has 1 aromatic heterocycles. The van der Waals surface area contributed by atoms with E-state index in [0.29, 0.717) is 12.5 Å². The monoisotopic (exact) mass is 321 g/mol. The number of ether oxygens (including phenoxy) is 2. The Kier molecular flexibility index (Phi) is 5.80. The van der Waals surface area contributed by atoms with Crippen molar-refractivity contribution in [2.45, 2.75) is 65.0 Å². The highest BCUT2D eigenvalue weighted by atomic mass is 16.6. The third-order valence-corrected chi connectivity index (χ3v) is 3.73. The van der Waals surface area contributed by atoms with Gasteiger partial charge in [-0.3, -0.25) is 0 Å². The van der Waals surface area contributed by atoms with E-state index in [1.165, 1.54) is 0 Å². The molecule has 1 fully saturated rings. The standard InChI is InChI=1S/C17H27N3O3/c1-13-8-9-15(19-18-13)22-12-10-14-7-5-6-11-20(14)16(21)23-17(2,3)4/h8-9,14H,5-7,10-12H2,1-4H3/t14-/m1/s1. The molecule has 6 nitrogen and oxygen atoms in total. The van der Waals surface area contributed by atoms with Gasteiger partial charge in [-0.1, -0.05) is 0 Å². The van der Waals surface area contributed by atoms with E-state index >= 15 is 0 Å². The van der Waals surface area contributed by atoms with Gasteiger partial charge in [0, 0.05) is 25.1 Å². The Labute approximate surface area is 138 Å². The van der Waals surface area contributed by atoms with Gasteiger partial charge in [0.05, 0.1) is 12.3 Å². The highest BCUT2D eigenvalue weighted by molar-refractivity contribution is 5.68. The van der Waals surface area contributed by atoms with Crippen LogP contribution in [0.2, 0.25) is 0 Å². The number of carbonyl (C=O) groups excluding carboxylic acids is 1. The van der Waals surface area contributed by atoms with Crippen LogP contribution < -0.4 is 4.74 Å². The molecule has 128 valence electrons. The normalized spacial score (nSPS) is 18.6. The first kappa shape index (κ1) is 17.5. The fourth-order valence-corrected chi connectivity index (χ4v) is 2.62. The Hall–Kier alpha value is -1.85. The van der Waals surface area contributed by atoms with Gasteiger partial charge in [-0.05, 0) is 53.0 Å². The van der Waals surface area contributed by atoms with Crippen LogP contribution in [-0.4, -0.2) is 46.0 Å². The molecule has 2 rings (SSSR count). The van der Waals surface area contributed by atoms with Crippen molar-refractivity contribution in [3.05, 3.63) is 17.8 Å². The topological polar surface area (TPSA) is 64.5 Å². The van der Waals surface area contributed by atoms with Crippen LogP contribution in [0.5, 0.6) is 5.88 Å². The molecule has 0 aliphatic carbocycles. The predicted molar refractivity (Wildman–Crippen MR) is 87.5 cm³/mol. The van der Waals surface area contributed by atoms with Crippen molar-refractivity contribution in [3.63, 3.8) is 0 Å². The van der Waals surface area contributed by atoms with Gasteiger partial charge < -0.3 is 14.4 Å². The quantitative estimate of drug-likeness (QED) is 0.851. The number of amides is 1. The van der Waals surface area contributed by atoms with E-state index in [1.807, 2.05) is 44.7 Å². The smallest absolute Gasteiger partial charge is 0.410 e. The van der Waals surface area contributed by atoms with E-state index in [9.17, 15) is 4.79 Å². The molecule has 0 saturated carbocycles. The molecule has 0 unspecified atom stereocenters. The first-order valence-electron chi connectivity index (χ1n) is 8.28. The maximum absolute atomic E-state index is 12.3. The number of aromatic nitrogens is 2. The molecule has 1 aromatic rings. The molecule has 0 spiro atoms. The third-order valence-electron chi connectivity index (χ3n) is 3.73. The molecular formula is C17H27N3O3. The van der Waals surface area contributed by atoms with Crippen LogP contribution in [0, 0.1) is 6.92 Å². The summed E-state index contributed by atoms with van der Waals surface area (Å²) in [5.41, 5.74) is 0.397. The summed E-state index contributed by atoms with van der Waals surface area (Å²) in [4.78, 5) is 14.2. The van der Waals surface area contributed by atoms with Gasteiger partial charge >= 0.3 is 6.09 Å². The molecule has 6 heteroatoms. The first-order chi connectivity index (χ1) is 10.8. The highest BCUT2D eigenvalue weighted by Gasteiger charge is 2.30. The van der Waals surface area contributed by atoms with Gasteiger partial charge in [-0.2, -0.15) is 5.10 Å². The lowest BCUT2D eigenvalue weighted by Gasteiger charge is -2.36. The summed E-state index contributed by atoms with van der Waals surface area (Å²) in [7, 11) is 0. The SMILES string of the molecule is Cc1ccc(OCC[C@H]2CCCCN2C(=O)OC(C)(C)C)nn1. The maximum Gasteiger partial charge on any atom is 0.410 e. The van der Waals surface area contributed by atoms with E-state index in [4.69, 9.17) is 9.47 Å². The van der Waals surface area contributed by atoms with Crippen molar-refractivity contribution in [2.75, 3.05) is 13.2 Å². The Morgan fingerprint density at radius 3 is 2.74 bits per heavy atom. The molecule has 1 aliphatic rings. The molecule has 1 amide bonds. The highest BCUT2D eigenvalue weighted by Crippen LogP contribution is 2.22. The average molecular weight is 321 g/mol. The van der Waals surface area contributed by atoms with Gasteiger partial charge in [-0.15, -0.1) is 5.10 Å². The summed E-state index contributed by atoms with van der Waals surface area (Å²) in [5, 5.41) is 7.95. The fourth-order valence-electron chi connectivity index (χ4n) is 2.62. The lowest BCUT2D eigenvalue weighted by molar-refractivity contribution is 0.00736. The van der Waals surface area contributed by atoms with Crippen LogP contribution in [0.25, 0.3) is 0 Å². The van der Waals surface area contributed by atoms with E-state index in [1.54, 1.807) is 0 Å². The average Bonchev–Trinajstić information content (AvgIpc) is 2.48. The summed E-state index contributed by atoms with van der Waals surface area (Å²) in [6.07, 6.45) is 3.70. The minimum atomic E-state index is -0.465. The Morgan fingerprint density at radius 2 is 2.09 bits per heavy atom. The van der Waals surface area contributed by atoms with Crippen LogP contribution in [0.15, 0.2) is 12.1 Å². The minimum absolute atomic E-state index is 0.164. The number of likely N-dealkylation sites (tertiary alicyclic amines) is 1. The largest absolute Gasteiger partial charge is 0.477 e. The van der Waals surface area contributed by atoms with Crippen molar-refractivity contribution in [2.24, 2.45) is 0 Å². The molecule has 0 bridgehead atoms. The Bertz CT molecular complexity index is 511. The number of piperidine rings is 1. The van der Waals surface area contributed by atoms with Crippen molar-refractivity contribution in [1.29, 1.82) is 0 Å². The van der Waals surface area contributed by atoms with Crippen molar-refractivity contribution in [3.8, 4) is 5.88 Å². The third kappa shape index (κ3) is 5.69. The van der Waals surface area contributed by atoms with E-state index in [-0.39, 0.29) is 12.1 Å². The van der Waals surface area contributed by atoms with Crippen molar-refractivity contribution >= 4 is 6.09 Å². The lowest BCUT2D eigenvalue weighted by atomic mass is 10.0. The minimum Gasteiger partial charge on any atom is -0.477 e. The first-order valence-corrected chi connectivity index (χ1v) is 8.28. The van der Waals surface area contributed by atoms with Gasteiger partial charge in [0.1, 0.15) is 5.60 Å². The van der Waals surface area contributed by atoms with Crippen LogP contribution in [0.3, 0.4) is 0 Å². The molecular weight excluding hydrogens is 294 g/mol. The van der Waals surface area contributed by atoms with Gasteiger partial charge in [0.2, 0.25) is 5.88 Å². The number of aryl methyl sites for hydroxylation is 1. The number of rotatable bonds is 4. The Balaban J connectivity index is 1.86. The van der Waals surface area contributed by atoms with E-state index in [2.05, 4.69) is 10.2 Å². The molecule has 23 heavy (non-hydrogen) atoms. The molecule has 2 heterocycles.